The highest BCUT2D eigenvalue weighted by Crippen LogP contribution is 2.36. The molecular formula is C9H14N4O5Si. The fraction of sp³-hybridized carbons (Fsp3) is 0.667. The monoisotopic (exact) mass is 286 g/mol. The maximum absolute atomic E-state index is 11.7. The van der Waals surface area contributed by atoms with E-state index in [9.17, 15) is 15.0 Å². The summed E-state index contributed by atoms with van der Waals surface area (Å²) in [4.78, 5) is 18.8. The third-order valence-electron chi connectivity index (χ3n) is 2.79. The molecule has 2 heterocycles. The molecular weight excluding hydrogens is 272 g/mol. The molecule has 4 N–H and O–H groups in total. The van der Waals surface area contributed by atoms with Crippen LogP contribution in [0.2, 0.25) is 6.55 Å². The molecule has 0 aliphatic carbocycles. The van der Waals surface area contributed by atoms with Crippen LogP contribution < -0.4 is 11.4 Å². The standard InChI is InChI=1S/C9H14N4O5Si/c1-19-18-9(16)2-6(17-5(9)3-14)13-4-11-7(10)12-8(13)15/h4-6,14,16H,2-3H2,1H3,(H2,10,12,15)/t5-,6-,9-/m1/s1. The van der Waals surface area contributed by atoms with Gasteiger partial charge in [-0.05, 0) is 6.55 Å². The zero-order chi connectivity index (χ0) is 14.0. The van der Waals surface area contributed by atoms with Crippen LogP contribution in [0.1, 0.15) is 12.6 Å². The number of aromatic nitrogens is 3. The Labute approximate surface area is 110 Å². The summed E-state index contributed by atoms with van der Waals surface area (Å²) >= 11 is 0. The van der Waals surface area contributed by atoms with Crippen molar-refractivity contribution >= 4 is 15.7 Å². The number of nitrogen functional groups attached to an aromatic ring is 1. The van der Waals surface area contributed by atoms with Gasteiger partial charge in [0.2, 0.25) is 15.7 Å². The van der Waals surface area contributed by atoms with Crippen LogP contribution in [0.25, 0.3) is 0 Å². The van der Waals surface area contributed by atoms with E-state index in [0.29, 0.717) is 0 Å². The minimum Gasteiger partial charge on any atom is -0.393 e. The van der Waals surface area contributed by atoms with Gasteiger partial charge in [-0.1, -0.05) is 0 Å². The molecule has 10 heteroatoms. The highest BCUT2D eigenvalue weighted by Gasteiger charge is 2.48. The lowest BCUT2D eigenvalue weighted by atomic mass is 10.1. The molecule has 1 saturated heterocycles. The molecule has 104 valence electrons. The lowest BCUT2D eigenvalue weighted by molar-refractivity contribution is -0.184. The first kappa shape index (κ1) is 14.1. The number of anilines is 1. The summed E-state index contributed by atoms with van der Waals surface area (Å²) in [5.74, 6) is -1.77. The van der Waals surface area contributed by atoms with E-state index in [1.54, 1.807) is 6.55 Å². The Bertz CT molecular complexity index is 512. The molecule has 0 aromatic carbocycles. The van der Waals surface area contributed by atoms with Crippen molar-refractivity contribution in [3.05, 3.63) is 16.8 Å². The van der Waals surface area contributed by atoms with Gasteiger partial charge in [0.1, 0.15) is 18.7 Å². The average Bonchev–Trinajstić information content (AvgIpc) is 2.66. The Balaban J connectivity index is 2.26. The van der Waals surface area contributed by atoms with Gasteiger partial charge in [0.15, 0.2) is 5.79 Å². The Morgan fingerprint density at radius 3 is 3.11 bits per heavy atom. The van der Waals surface area contributed by atoms with Gasteiger partial charge < -0.3 is 25.1 Å². The lowest BCUT2D eigenvalue weighted by Gasteiger charge is -2.26. The first-order valence-electron chi connectivity index (χ1n) is 5.54. The lowest BCUT2D eigenvalue weighted by Crippen LogP contribution is -2.43. The second-order valence-electron chi connectivity index (χ2n) is 4.02. The van der Waals surface area contributed by atoms with Crippen molar-refractivity contribution in [1.29, 1.82) is 0 Å². The number of nitrogens with two attached hydrogens (primary N) is 1. The van der Waals surface area contributed by atoms with E-state index in [2.05, 4.69) is 9.97 Å². The minimum absolute atomic E-state index is 0.00769. The summed E-state index contributed by atoms with van der Waals surface area (Å²) in [5, 5.41) is 19.5. The fourth-order valence-electron chi connectivity index (χ4n) is 1.91. The van der Waals surface area contributed by atoms with Crippen LogP contribution in [-0.4, -0.2) is 53.0 Å². The summed E-state index contributed by atoms with van der Waals surface area (Å²) in [6.07, 6.45) is -0.572. The Morgan fingerprint density at radius 2 is 2.53 bits per heavy atom. The van der Waals surface area contributed by atoms with Crippen LogP contribution in [0.3, 0.4) is 0 Å². The van der Waals surface area contributed by atoms with Crippen LogP contribution in [0.5, 0.6) is 0 Å². The third kappa shape index (κ3) is 2.67. The normalized spacial score (nSPS) is 30.7. The van der Waals surface area contributed by atoms with Gasteiger partial charge in [0.05, 0.1) is 6.61 Å². The highest BCUT2D eigenvalue weighted by molar-refractivity contribution is 6.24. The molecule has 2 radical (unpaired) electrons. The van der Waals surface area contributed by atoms with Crippen molar-refractivity contribution in [3.63, 3.8) is 0 Å². The van der Waals surface area contributed by atoms with Gasteiger partial charge in [-0.3, -0.25) is 4.57 Å². The van der Waals surface area contributed by atoms with Crippen LogP contribution in [0, 0.1) is 0 Å². The second kappa shape index (κ2) is 5.34. The first-order valence-corrected chi connectivity index (χ1v) is 6.95. The zero-order valence-electron chi connectivity index (χ0n) is 10.2. The number of hydrogen-bond acceptors (Lipinski definition) is 8. The molecule has 1 fully saturated rings. The topological polar surface area (TPSA) is 133 Å². The molecule has 0 saturated carbocycles. The fourth-order valence-corrected chi connectivity index (χ4v) is 2.48. The summed E-state index contributed by atoms with van der Waals surface area (Å²) in [6.45, 7) is 1.31. The molecule has 1 aromatic rings. The van der Waals surface area contributed by atoms with Crippen LogP contribution >= 0.6 is 0 Å². The summed E-state index contributed by atoms with van der Waals surface area (Å²) in [7, 11) is 0.0147. The molecule has 1 aliphatic heterocycles. The van der Waals surface area contributed by atoms with Gasteiger partial charge in [0, 0.05) is 6.42 Å². The van der Waals surface area contributed by atoms with Gasteiger partial charge in [0.25, 0.3) is 0 Å². The largest absolute Gasteiger partial charge is 0.393 e. The molecule has 0 bridgehead atoms. The predicted molar refractivity (Wildman–Crippen MR) is 64.0 cm³/mol. The number of nitrogens with zero attached hydrogens (tertiary/aromatic N) is 3. The van der Waals surface area contributed by atoms with E-state index < -0.39 is 30.4 Å². The third-order valence-corrected chi connectivity index (χ3v) is 3.35. The van der Waals surface area contributed by atoms with E-state index in [1.807, 2.05) is 0 Å². The van der Waals surface area contributed by atoms with Gasteiger partial charge in [-0.15, -0.1) is 0 Å². The van der Waals surface area contributed by atoms with Gasteiger partial charge in [-0.25, -0.2) is 9.78 Å². The zero-order valence-corrected chi connectivity index (χ0v) is 11.2. The maximum Gasteiger partial charge on any atom is 0.354 e. The Hall–Kier alpha value is -1.33. The van der Waals surface area contributed by atoms with Crippen LogP contribution in [0.4, 0.5) is 5.95 Å². The molecule has 2 rings (SSSR count). The van der Waals surface area contributed by atoms with E-state index in [0.717, 1.165) is 4.57 Å². The Kier molecular flexibility index (Phi) is 3.96. The number of ether oxygens (including phenoxy) is 1. The molecule has 0 amide bonds. The van der Waals surface area contributed by atoms with E-state index in [1.165, 1.54) is 6.33 Å². The highest BCUT2D eigenvalue weighted by atomic mass is 28.2. The predicted octanol–water partition coefficient (Wildman–Crippen LogP) is -2.13. The molecule has 19 heavy (non-hydrogen) atoms. The molecule has 1 aromatic heterocycles. The molecule has 0 spiro atoms. The molecule has 3 atom stereocenters. The van der Waals surface area contributed by atoms with Crippen molar-refractivity contribution in [2.24, 2.45) is 0 Å². The van der Waals surface area contributed by atoms with Gasteiger partial charge >= 0.3 is 5.69 Å². The SMILES string of the molecule is C[Si]O[C@]1(O)C[C@H](n2cnc(N)nc2=O)O[C@@H]1CO. The van der Waals surface area contributed by atoms with Crippen molar-refractivity contribution < 1.29 is 19.4 Å². The first-order chi connectivity index (χ1) is 9.00. The van der Waals surface area contributed by atoms with Crippen molar-refractivity contribution in [1.82, 2.24) is 14.5 Å². The van der Waals surface area contributed by atoms with E-state index in [4.69, 9.17) is 14.9 Å². The molecule has 1 aliphatic rings. The molecule has 9 nitrogen and oxygen atoms in total. The number of aliphatic hydroxyl groups is 2. The van der Waals surface area contributed by atoms with Gasteiger partial charge in [-0.2, -0.15) is 4.98 Å². The quantitative estimate of drug-likeness (QED) is 0.422. The van der Waals surface area contributed by atoms with Crippen molar-refractivity contribution in [2.45, 2.75) is 31.1 Å². The van der Waals surface area contributed by atoms with Crippen LogP contribution in [0.15, 0.2) is 11.1 Å². The van der Waals surface area contributed by atoms with Crippen LogP contribution in [-0.2, 0) is 9.16 Å². The van der Waals surface area contributed by atoms with Crippen molar-refractivity contribution in [2.75, 3.05) is 12.3 Å². The minimum atomic E-state index is -1.63. The maximum atomic E-state index is 11.7. The summed E-state index contributed by atoms with van der Waals surface area (Å²) in [6, 6.07) is 0. The average molecular weight is 286 g/mol. The van der Waals surface area contributed by atoms with E-state index in [-0.39, 0.29) is 22.1 Å². The Morgan fingerprint density at radius 1 is 1.79 bits per heavy atom. The smallest absolute Gasteiger partial charge is 0.354 e. The number of rotatable bonds is 4. The van der Waals surface area contributed by atoms with E-state index >= 15 is 0 Å². The number of hydrogen-bond donors (Lipinski definition) is 3. The van der Waals surface area contributed by atoms with Crippen molar-refractivity contribution in [3.8, 4) is 0 Å². The summed E-state index contributed by atoms with van der Waals surface area (Å²) in [5.41, 5.74) is 4.65. The molecule has 0 unspecified atom stereocenters. The number of aliphatic hydroxyl groups excluding tert-OH is 1. The summed E-state index contributed by atoms with van der Waals surface area (Å²) < 4.78 is 11.7. The second-order valence-corrected chi connectivity index (χ2v) is 4.63.